The van der Waals surface area contributed by atoms with E-state index in [1.807, 2.05) is 0 Å². The molecule has 0 aliphatic carbocycles. The van der Waals surface area contributed by atoms with Crippen LogP contribution in [-0.2, 0) is 12.0 Å². The molecule has 0 spiro atoms. The quantitative estimate of drug-likeness (QED) is 0.592. The van der Waals surface area contributed by atoms with Crippen molar-refractivity contribution < 1.29 is 0 Å². The molecule has 3 aromatic carbocycles. The van der Waals surface area contributed by atoms with Crippen LogP contribution in [0.4, 0.5) is 0 Å². The molecule has 1 aliphatic heterocycles. The van der Waals surface area contributed by atoms with Gasteiger partial charge in [-0.05, 0) is 36.5 Å². The van der Waals surface area contributed by atoms with Crippen molar-refractivity contribution in [1.29, 1.82) is 0 Å². The van der Waals surface area contributed by atoms with Gasteiger partial charge in [0.25, 0.3) is 0 Å². The number of rotatable bonds is 4. The largest absolute Gasteiger partial charge is 0.295 e. The molecule has 1 unspecified atom stereocenters. The van der Waals surface area contributed by atoms with Crippen molar-refractivity contribution in [3.8, 4) is 0 Å². The lowest BCUT2D eigenvalue weighted by atomic mass is 9.68. The van der Waals surface area contributed by atoms with Crippen LogP contribution in [0.2, 0.25) is 0 Å². The fraction of sp³-hybridized carbons (Fsp3) is 0.280. The first-order valence-corrected chi connectivity index (χ1v) is 9.67. The van der Waals surface area contributed by atoms with Crippen molar-refractivity contribution in [1.82, 2.24) is 4.90 Å². The second kappa shape index (κ2) is 7.47. The van der Waals surface area contributed by atoms with E-state index in [0.717, 1.165) is 13.1 Å². The molecule has 1 aliphatic rings. The molecule has 1 heteroatoms. The maximum absolute atomic E-state index is 2.67. The fourth-order valence-corrected chi connectivity index (χ4v) is 4.40. The van der Waals surface area contributed by atoms with Gasteiger partial charge >= 0.3 is 0 Å². The Morgan fingerprint density at radius 2 is 1.27 bits per heavy atom. The Labute approximate surface area is 157 Å². The summed E-state index contributed by atoms with van der Waals surface area (Å²) >= 11 is 0. The Morgan fingerprint density at radius 1 is 0.769 bits per heavy atom. The third kappa shape index (κ3) is 3.32. The zero-order valence-electron chi connectivity index (χ0n) is 15.5. The molecule has 4 rings (SSSR count). The third-order valence-electron chi connectivity index (χ3n) is 5.97. The highest BCUT2D eigenvalue weighted by Gasteiger charge is 2.40. The lowest BCUT2D eigenvalue weighted by Gasteiger charge is -2.47. The number of likely N-dealkylation sites (tertiary alicyclic amines) is 1. The molecule has 0 amide bonds. The van der Waals surface area contributed by atoms with Crippen LogP contribution in [-0.4, -0.2) is 17.5 Å². The van der Waals surface area contributed by atoms with Crippen LogP contribution in [0.1, 0.15) is 36.5 Å². The molecule has 0 N–H and O–H groups in total. The molecule has 0 bridgehead atoms. The first-order chi connectivity index (χ1) is 12.8. The number of benzene rings is 3. The standard InChI is InChI=1S/C25H27N/c1-21-17-18-25(23-13-7-3-8-14-23,24-15-9-4-10-16-24)20-26(21)19-22-11-5-2-6-12-22/h2-16,21H,17-20H2,1H3. The highest BCUT2D eigenvalue weighted by molar-refractivity contribution is 5.40. The summed E-state index contributed by atoms with van der Waals surface area (Å²) in [5, 5.41) is 0. The van der Waals surface area contributed by atoms with E-state index < -0.39 is 0 Å². The number of hydrogen-bond acceptors (Lipinski definition) is 1. The Balaban J connectivity index is 1.72. The molecule has 0 aromatic heterocycles. The maximum Gasteiger partial charge on any atom is 0.0330 e. The number of piperidine rings is 1. The Hall–Kier alpha value is -2.38. The third-order valence-corrected chi connectivity index (χ3v) is 5.97. The molecule has 0 radical (unpaired) electrons. The fourth-order valence-electron chi connectivity index (χ4n) is 4.40. The van der Waals surface area contributed by atoms with Crippen molar-refractivity contribution in [2.24, 2.45) is 0 Å². The van der Waals surface area contributed by atoms with E-state index >= 15 is 0 Å². The highest BCUT2D eigenvalue weighted by Crippen LogP contribution is 2.42. The topological polar surface area (TPSA) is 3.24 Å². The second-order valence-corrected chi connectivity index (χ2v) is 7.59. The van der Waals surface area contributed by atoms with E-state index in [1.165, 1.54) is 29.5 Å². The van der Waals surface area contributed by atoms with Crippen molar-refractivity contribution in [2.45, 2.75) is 37.8 Å². The van der Waals surface area contributed by atoms with Crippen LogP contribution >= 0.6 is 0 Å². The molecular formula is C25H27N. The highest BCUT2D eigenvalue weighted by atomic mass is 15.2. The van der Waals surface area contributed by atoms with Crippen LogP contribution in [0.15, 0.2) is 91.0 Å². The first-order valence-electron chi connectivity index (χ1n) is 9.67. The Kier molecular flexibility index (Phi) is 4.90. The van der Waals surface area contributed by atoms with Gasteiger partial charge < -0.3 is 0 Å². The lowest BCUT2D eigenvalue weighted by molar-refractivity contribution is 0.105. The lowest BCUT2D eigenvalue weighted by Crippen LogP contribution is -2.50. The van der Waals surface area contributed by atoms with Crippen LogP contribution < -0.4 is 0 Å². The summed E-state index contributed by atoms with van der Waals surface area (Å²) in [5.74, 6) is 0. The minimum atomic E-state index is 0.0732. The molecule has 1 nitrogen and oxygen atoms in total. The Bertz CT molecular complexity index is 771. The Morgan fingerprint density at radius 3 is 1.81 bits per heavy atom. The monoisotopic (exact) mass is 341 g/mol. The van der Waals surface area contributed by atoms with Gasteiger partial charge in [-0.25, -0.2) is 0 Å². The number of hydrogen-bond donors (Lipinski definition) is 0. The summed E-state index contributed by atoms with van der Waals surface area (Å²) in [7, 11) is 0. The van der Waals surface area contributed by atoms with E-state index in [2.05, 4.69) is 103 Å². The summed E-state index contributed by atoms with van der Waals surface area (Å²) < 4.78 is 0. The smallest absolute Gasteiger partial charge is 0.0330 e. The second-order valence-electron chi connectivity index (χ2n) is 7.59. The molecule has 132 valence electrons. The predicted molar refractivity (Wildman–Crippen MR) is 109 cm³/mol. The van der Waals surface area contributed by atoms with Crippen molar-refractivity contribution in [2.75, 3.05) is 6.54 Å². The summed E-state index contributed by atoms with van der Waals surface area (Å²) in [6.07, 6.45) is 2.42. The summed E-state index contributed by atoms with van der Waals surface area (Å²) in [6.45, 7) is 4.46. The average Bonchev–Trinajstić information content (AvgIpc) is 2.72. The van der Waals surface area contributed by atoms with E-state index in [-0.39, 0.29) is 5.41 Å². The molecule has 0 saturated carbocycles. The summed E-state index contributed by atoms with van der Waals surface area (Å²) in [4.78, 5) is 2.67. The molecule has 1 saturated heterocycles. The molecule has 3 aromatic rings. The van der Waals surface area contributed by atoms with Gasteiger partial charge in [0.1, 0.15) is 0 Å². The molecule has 26 heavy (non-hydrogen) atoms. The van der Waals surface area contributed by atoms with Gasteiger partial charge in [0.05, 0.1) is 0 Å². The summed E-state index contributed by atoms with van der Waals surface area (Å²) in [6, 6.07) is 33.7. The van der Waals surface area contributed by atoms with Gasteiger partial charge in [-0.15, -0.1) is 0 Å². The van der Waals surface area contributed by atoms with Crippen LogP contribution in [0, 0.1) is 0 Å². The molecule has 1 heterocycles. The van der Waals surface area contributed by atoms with Crippen molar-refractivity contribution in [3.05, 3.63) is 108 Å². The minimum absolute atomic E-state index is 0.0732. The van der Waals surface area contributed by atoms with E-state index in [4.69, 9.17) is 0 Å². The maximum atomic E-state index is 2.67. The molecular weight excluding hydrogens is 314 g/mol. The van der Waals surface area contributed by atoms with Gasteiger partial charge in [0, 0.05) is 24.5 Å². The normalized spacial score (nSPS) is 20.0. The van der Waals surface area contributed by atoms with E-state index in [1.54, 1.807) is 0 Å². The van der Waals surface area contributed by atoms with E-state index in [9.17, 15) is 0 Å². The van der Waals surface area contributed by atoms with Gasteiger partial charge in [0.2, 0.25) is 0 Å². The summed E-state index contributed by atoms with van der Waals surface area (Å²) in [5.41, 5.74) is 4.35. The number of nitrogens with zero attached hydrogens (tertiary/aromatic N) is 1. The van der Waals surface area contributed by atoms with Crippen LogP contribution in [0.5, 0.6) is 0 Å². The van der Waals surface area contributed by atoms with Gasteiger partial charge in [-0.3, -0.25) is 4.90 Å². The first kappa shape index (κ1) is 17.1. The molecule has 1 fully saturated rings. The molecule has 1 atom stereocenters. The zero-order chi connectivity index (χ0) is 17.8. The SMILES string of the molecule is CC1CCC(c2ccccc2)(c2ccccc2)CN1Cc1ccccc1. The zero-order valence-corrected chi connectivity index (χ0v) is 15.5. The van der Waals surface area contributed by atoms with Gasteiger partial charge in [-0.1, -0.05) is 91.0 Å². The predicted octanol–water partition coefficient (Wildman–Crippen LogP) is 5.66. The van der Waals surface area contributed by atoms with Crippen molar-refractivity contribution in [3.63, 3.8) is 0 Å². The van der Waals surface area contributed by atoms with Crippen LogP contribution in [0.25, 0.3) is 0 Å². The van der Waals surface area contributed by atoms with E-state index in [0.29, 0.717) is 6.04 Å². The van der Waals surface area contributed by atoms with Gasteiger partial charge in [-0.2, -0.15) is 0 Å². The van der Waals surface area contributed by atoms with Crippen LogP contribution in [0.3, 0.4) is 0 Å². The minimum Gasteiger partial charge on any atom is -0.295 e. The van der Waals surface area contributed by atoms with Crippen molar-refractivity contribution >= 4 is 0 Å². The van der Waals surface area contributed by atoms with Gasteiger partial charge in [0.15, 0.2) is 0 Å². The average molecular weight is 341 g/mol.